The van der Waals surface area contributed by atoms with Gasteiger partial charge in [0, 0.05) is 32.4 Å². The van der Waals surface area contributed by atoms with Gasteiger partial charge in [0.25, 0.3) is 0 Å². The summed E-state index contributed by atoms with van der Waals surface area (Å²) in [6.45, 7) is 3.56. The monoisotopic (exact) mass is 375 g/mol. The highest BCUT2D eigenvalue weighted by Crippen LogP contribution is 2.29. The maximum atomic E-state index is 4.52. The van der Waals surface area contributed by atoms with Gasteiger partial charge in [0.2, 0.25) is 0 Å². The van der Waals surface area contributed by atoms with Gasteiger partial charge in [0.1, 0.15) is 17.8 Å². The minimum absolute atomic E-state index is 0.791. The van der Waals surface area contributed by atoms with Gasteiger partial charge in [0.05, 0.1) is 15.9 Å². The number of thiophene rings is 1. The second-order valence-electron chi connectivity index (χ2n) is 6.30. The molecule has 7 nitrogen and oxygen atoms in total. The van der Waals surface area contributed by atoms with Crippen LogP contribution in [0.25, 0.3) is 21.6 Å². The third-order valence-electron chi connectivity index (χ3n) is 4.71. The molecule has 134 valence electrons. The number of piperazine rings is 1. The fourth-order valence-corrected chi connectivity index (χ4v) is 4.15. The predicted molar refractivity (Wildman–Crippen MR) is 107 cm³/mol. The van der Waals surface area contributed by atoms with Gasteiger partial charge in [-0.2, -0.15) is 0 Å². The highest BCUT2D eigenvalue weighted by Gasteiger charge is 2.21. The summed E-state index contributed by atoms with van der Waals surface area (Å²) in [6, 6.07) is 11.8. The number of rotatable bonds is 3. The van der Waals surface area contributed by atoms with E-state index in [1.807, 2.05) is 36.4 Å². The number of aromatic nitrogens is 5. The van der Waals surface area contributed by atoms with E-state index in [2.05, 4.69) is 40.3 Å². The number of hydrogen-bond acceptors (Lipinski definition) is 8. The van der Waals surface area contributed by atoms with Crippen LogP contribution in [0.1, 0.15) is 0 Å². The number of fused-ring (bicyclic) bond motifs is 1. The first kappa shape index (κ1) is 16.1. The van der Waals surface area contributed by atoms with Gasteiger partial charge in [-0.25, -0.2) is 9.97 Å². The first-order valence-corrected chi connectivity index (χ1v) is 9.70. The topological polar surface area (TPSA) is 70.9 Å². The van der Waals surface area contributed by atoms with Crippen molar-refractivity contribution in [3.05, 3.63) is 54.3 Å². The van der Waals surface area contributed by atoms with Crippen molar-refractivity contribution in [3.63, 3.8) is 0 Å². The molecule has 1 aliphatic heterocycles. The third kappa shape index (κ3) is 3.08. The molecule has 0 amide bonds. The summed E-state index contributed by atoms with van der Waals surface area (Å²) in [5.74, 6) is 1.93. The smallest absolute Gasteiger partial charge is 0.151 e. The molecule has 0 radical (unpaired) electrons. The minimum Gasteiger partial charge on any atom is -0.352 e. The van der Waals surface area contributed by atoms with Crippen LogP contribution in [0.5, 0.6) is 0 Å². The molecule has 4 aromatic heterocycles. The van der Waals surface area contributed by atoms with Gasteiger partial charge < -0.3 is 9.80 Å². The fourth-order valence-electron chi connectivity index (χ4n) is 3.29. The Morgan fingerprint density at radius 2 is 1.67 bits per heavy atom. The number of anilines is 2. The van der Waals surface area contributed by atoms with Crippen LogP contribution in [0, 0.1) is 0 Å². The minimum atomic E-state index is 0.791. The molecule has 27 heavy (non-hydrogen) atoms. The molecule has 1 saturated heterocycles. The largest absolute Gasteiger partial charge is 0.352 e. The van der Waals surface area contributed by atoms with E-state index in [4.69, 9.17) is 0 Å². The van der Waals surface area contributed by atoms with Crippen LogP contribution < -0.4 is 9.80 Å². The van der Waals surface area contributed by atoms with E-state index in [1.165, 1.54) is 0 Å². The highest BCUT2D eigenvalue weighted by molar-refractivity contribution is 7.17. The average molecular weight is 375 g/mol. The molecule has 1 fully saturated rings. The molecule has 0 aromatic carbocycles. The van der Waals surface area contributed by atoms with Gasteiger partial charge in [-0.05, 0) is 35.7 Å². The molecule has 5 rings (SSSR count). The molecule has 8 heteroatoms. The molecule has 0 unspecified atom stereocenters. The van der Waals surface area contributed by atoms with Gasteiger partial charge in [0.15, 0.2) is 5.82 Å². The summed E-state index contributed by atoms with van der Waals surface area (Å²) in [6.07, 6.45) is 3.42. The van der Waals surface area contributed by atoms with Crippen molar-refractivity contribution in [1.82, 2.24) is 25.1 Å². The summed E-state index contributed by atoms with van der Waals surface area (Å²) < 4.78 is 1.16. The zero-order valence-electron chi connectivity index (χ0n) is 14.6. The Morgan fingerprint density at radius 1 is 0.778 bits per heavy atom. The Labute approximate surface area is 160 Å². The lowest BCUT2D eigenvalue weighted by molar-refractivity contribution is 0.640. The van der Waals surface area contributed by atoms with Crippen LogP contribution in [0.3, 0.4) is 0 Å². The van der Waals surface area contributed by atoms with Crippen molar-refractivity contribution >= 4 is 33.2 Å². The highest BCUT2D eigenvalue weighted by atomic mass is 32.1. The lowest BCUT2D eigenvalue weighted by atomic mass is 10.2. The quantitative estimate of drug-likeness (QED) is 0.545. The number of hydrogen-bond donors (Lipinski definition) is 0. The molecule has 1 aliphatic rings. The molecular formula is C19H17N7S. The van der Waals surface area contributed by atoms with E-state index >= 15 is 0 Å². The first-order chi connectivity index (χ1) is 13.4. The Hall–Kier alpha value is -3.13. The molecule has 0 spiro atoms. The van der Waals surface area contributed by atoms with Gasteiger partial charge in [-0.1, -0.05) is 6.07 Å². The maximum Gasteiger partial charge on any atom is 0.151 e. The van der Waals surface area contributed by atoms with Crippen molar-refractivity contribution in [3.8, 4) is 11.4 Å². The van der Waals surface area contributed by atoms with Crippen LogP contribution in [0.2, 0.25) is 0 Å². The van der Waals surface area contributed by atoms with Crippen molar-refractivity contribution in [2.24, 2.45) is 0 Å². The average Bonchev–Trinajstić information content (AvgIpc) is 3.24. The lowest BCUT2D eigenvalue weighted by Crippen LogP contribution is -2.47. The number of pyridine rings is 1. The third-order valence-corrected chi connectivity index (χ3v) is 5.60. The zero-order valence-corrected chi connectivity index (χ0v) is 15.4. The zero-order chi connectivity index (χ0) is 18.1. The van der Waals surface area contributed by atoms with Crippen molar-refractivity contribution in [2.45, 2.75) is 0 Å². The fraction of sp³-hybridized carbons (Fsp3) is 0.211. The standard InChI is InChI=1S/C19H17N7S/c1-2-7-20-14(3-1)15-4-5-17(24-23-15)25-8-10-26(11-9-25)19-18-16(6-12-27-18)21-13-22-19/h1-7,12-13H,8-11H2. The van der Waals surface area contributed by atoms with Gasteiger partial charge >= 0.3 is 0 Å². The second-order valence-corrected chi connectivity index (χ2v) is 7.21. The van der Waals surface area contributed by atoms with Crippen molar-refractivity contribution in [2.75, 3.05) is 36.0 Å². The van der Waals surface area contributed by atoms with Crippen LogP contribution >= 0.6 is 11.3 Å². The molecule has 0 aliphatic carbocycles. The van der Waals surface area contributed by atoms with E-state index < -0.39 is 0 Å². The Morgan fingerprint density at radius 3 is 2.44 bits per heavy atom. The van der Waals surface area contributed by atoms with E-state index in [-0.39, 0.29) is 0 Å². The van der Waals surface area contributed by atoms with Gasteiger partial charge in [-0.3, -0.25) is 4.98 Å². The normalized spacial score (nSPS) is 14.7. The van der Waals surface area contributed by atoms with E-state index in [0.717, 1.165) is 59.4 Å². The summed E-state index contributed by atoms with van der Waals surface area (Å²) >= 11 is 1.70. The molecule has 4 aromatic rings. The summed E-state index contributed by atoms with van der Waals surface area (Å²) in [5.41, 5.74) is 2.65. The van der Waals surface area contributed by atoms with Crippen LogP contribution in [-0.4, -0.2) is 51.3 Å². The summed E-state index contributed by atoms with van der Waals surface area (Å²) in [4.78, 5) is 17.8. The second kappa shape index (κ2) is 6.88. The van der Waals surface area contributed by atoms with Crippen LogP contribution in [0.15, 0.2) is 54.3 Å². The molecule has 0 atom stereocenters. The summed E-state index contributed by atoms with van der Waals surface area (Å²) in [7, 11) is 0. The molecule has 0 N–H and O–H groups in total. The molecule has 0 saturated carbocycles. The van der Waals surface area contributed by atoms with E-state index in [9.17, 15) is 0 Å². The van der Waals surface area contributed by atoms with Crippen molar-refractivity contribution in [1.29, 1.82) is 0 Å². The molecular weight excluding hydrogens is 358 g/mol. The Bertz CT molecular complexity index is 1040. The Kier molecular flexibility index (Phi) is 4.10. The SMILES string of the molecule is c1ccc(-c2ccc(N3CCN(c4ncnc5ccsc45)CC3)nn2)nc1. The van der Waals surface area contributed by atoms with Gasteiger partial charge in [-0.15, -0.1) is 21.5 Å². The van der Waals surface area contributed by atoms with E-state index in [0.29, 0.717) is 0 Å². The predicted octanol–water partition coefficient (Wildman–Crippen LogP) is 2.87. The van der Waals surface area contributed by atoms with Crippen LogP contribution in [-0.2, 0) is 0 Å². The Balaban J connectivity index is 1.30. The van der Waals surface area contributed by atoms with E-state index in [1.54, 1.807) is 23.9 Å². The molecule has 5 heterocycles. The number of nitrogens with zero attached hydrogens (tertiary/aromatic N) is 7. The van der Waals surface area contributed by atoms with Crippen molar-refractivity contribution < 1.29 is 0 Å². The summed E-state index contributed by atoms with van der Waals surface area (Å²) in [5, 5.41) is 10.8. The molecule has 0 bridgehead atoms. The lowest BCUT2D eigenvalue weighted by Gasteiger charge is -2.35. The van der Waals surface area contributed by atoms with Crippen LogP contribution in [0.4, 0.5) is 11.6 Å². The first-order valence-electron chi connectivity index (χ1n) is 8.82. The maximum absolute atomic E-state index is 4.52.